The van der Waals surface area contributed by atoms with Crippen molar-refractivity contribution in [2.45, 2.75) is 46.3 Å². The van der Waals surface area contributed by atoms with Gasteiger partial charge in [0.2, 0.25) is 0 Å². The van der Waals surface area contributed by atoms with Crippen LogP contribution < -0.4 is 5.32 Å². The van der Waals surface area contributed by atoms with Gasteiger partial charge in [0.25, 0.3) is 0 Å². The van der Waals surface area contributed by atoms with Crippen LogP contribution in [0.25, 0.3) is 0 Å². The second-order valence-electron chi connectivity index (χ2n) is 4.66. The van der Waals surface area contributed by atoms with Gasteiger partial charge >= 0.3 is 6.18 Å². The third-order valence-electron chi connectivity index (χ3n) is 2.33. The first kappa shape index (κ1) is 15.4. The molecule has 0 aliphatic rings. The number of hydrogen-bond donors (Lipinski definition) is 1. The fraction of sp³-hybridized carbons (Fsp3) is 0.750. The van der Waals surface area contributed by atoms with Crippen LogP contribution in [0, 0.1) is 5.92 Å². The van der Waals surface area contributed by atoms with Crippen molar-refractivity contribution in [3.05, 3.63) is 15.6 Å². The van der Waals surface area contributed by atoms with E-state index in [0.717, 1.165) is 24.3 Å². The Kier molecular flexibility index (Phi) is 5.59. The smallest absolute Gasteiger partial charge is 0.312 e. The van der Waals surface area contributed by atoms with Gasteiger partial charge in [0.1, 0.15) is 0 Å². The van der Waals surface area contributed by atoms with Gasteiger partial charge in [0.15, 0.2) is 5.01 Å². The van der Waals surface area contributed by atoms with Crippen LogP contribution in [0.15, 0.2) is 0 Å². The van der Waals surface area contributed by atoms with E-state index in [1.54, 1.807) is 0 Å². The molecule has 1 heterocycles. The van der Waals surface area contributed by atoms with Gasteiger partial charge in [-0.1, -0.05) is 20.8 Å². The first-order chi connectivity index (χ1) is 8.34. The van der Waals surface area contributed by atoms with E-state index in [2.05, 4.69) is 10.3 Å². The van der Waals surface area contributed by atoms with Crippen molar-refractivity contribution >= 4 is 11.3 Å². The van der Waals surface area contributed by atoms with Crippen LogP contribution in [0.4, 0.5) is 13.2 Å². The van der Waals surface area contributed by atoms with Crippen LogP contribution in [-0.2, 0) is 19.1 Å². The fourth-order valence-corrected chi connectivity index (χ4v) is 2.49. The van der Waals surface area contributed by atoms with Gasteiger partial charge in [-0.25, -0.2) is 4.98 Å². The SMILES string of the molecule is CCCNCc1sc(C(F)(F)F)nc1CC(C)C. The van der Waals surface area contributed by atoms with Crippen LogP contribution in [0.3, 0.4) is 0 Å². The molecule has 2 nitrogen and oxygen atoms in total. The molecule has 0 aliphatic heterocycles. The molecule has 18 heavy (non-hydrogen) atoms. The molecule has 0 saturated heterocycles. The van der Waals surface area contributed by atoms with E-state index in [9.17, 15) is 13.2 Å². The van der Waals surface area contributed by atoms with Gasteiger partial charge in [0.05, 0.1) is 5.69 Å². The van der Waals surface area contributed by atoms with Crippen LogP contribution in [-0.4, -0.2) is 11.5 Å². The fourth-order valence-electron chi connectivity index (χ4n) is 1.57. The van der Waals surface area contributed by atoms with Crippen molar-refractivity contribution < 1.29 is 13.2 Å². The van der Waals surface area contributed by atoms with Gasteiger partial charge in [-0.2, -0.15) is 13.2 Å². The summed E-state index contributed by atoms with van der Waals surface area (Å²) in [5, 5.41) is 2.40. The summed E-state index contributed by atoms with van der Waals surface area (Å²) < 4.78 is 37.9. The molecule has 0 aliphatic carbocycles. The van der Waals surface area contributed by atoms with Gasteiger partial charge in [-0.3, -0.25) is 0 Å². The maximum Gasteiger partial charge on any atom is 0.443 e. The largest absolute Gasteiger partial charge is 0.443 e. The summed E-state index contributed by atoms with van der Waals surface area (Å²) in [6, 6.07) is 0. The minimum absolute atomic E-state index is 0.304. The molecular weight excluding hydrogens is 261 g/mol. The molecule has 1 rings (SSSR count). The van der Waals surface area contributed by atoms with Gasteiger partial charge < -0.3 is 5.32 Å². The maximum atomic E-state index is 12.6. The highest BCUT2D eigenvalue weighted by atomic mass is 32.1. The molecule has 0 unspecified atom stereocenters. The zero-order valence-corrected chi connectivity index (χ0v) is 11.7. The summed E-state index contributed by atoms with van der Waals surface area (Å²) in [6.07, 6.45) is -2.78. The highest BCUT2D eigenvalue weighted by molar-refractivity contribution is 7.11. The van der Waals surface area contributed by atoms with E-state index in [4.69, 9.17) is 0 Å². The van der Waals surface area contributed by atoms with E-state index in [1.807, 2.05) is 20.8 Å². The number of rotatable bonds is 6. The molecule has 0 aromatic carbocycles. The van der Waals surface area contributed by atoms with Gasteiger partial charge in [-0.15, -0.1) is 11.3 Å². The molecule has 6 heteroatoms. The quantitative estimate of drug-likeness (QED) is 0.800. The third-order valence-corrected chi connectivity index (χ3v) is 3.48. The predicted molar refractivity (Wildman–Crippen MR) is 67.7 cm³/mol. The Balaban J connectivity index is 2.86. The Morgan fingerprint density at radius 3 is 2.50 bits per heavy atom. The van der Waals surface area contributed by atoms with Gasteiger partial charge in [0, 0.05) is 11.4 Å². The Hall–Kier alpha value is -0.620. The summed E-state index contributed by atoms with van der Waals surface area (Å²) in [5.74, 6) is 0.304. The molecule has 1 N–H and O–H groups in total. The highest BCUT2D eigenvalue weighted by Crippen LogP contribution is 2.34. The van der Waals surface area contributed by atoms with Crippen LogP contribution >= 0.6 is 11.3 Å². The average molecular weight is 280 g/mol. The Bertz CT molecular complexity index is 372. The monoisotopic (exact) mass is 280 g/mol. The molecule has 0 spiro atoms. The summed E-state index contributed by atoms with van der Waals surface area (Å²) in [7, 11) is 0. The van der Waals surface area contributed by atoms with Crippen molar-refractivity contribution in [2.24, 2.45) is 5.92 Å². The number of thiazole rings is 1. The minimum atomic E-state index is -4.33. The first-order valence-corrected chi connectivity index (χ1v) is 6.92. The van der Waals surface area contributed by atoms with Crippen LogP contribution in [0.5, 0.6) is 0 Å². The van der Waals surface area contributed by atoms with Crippen molar-refractivity contribution in [3.8, 4) is 0 Å². The Morgan fingerprint density at radius 1 is 1.33 bits per heavy atom. The van der Waals surface area contributed by atoms with E-state index < -0.39 is 11.2 Å². The third kappa shape index (κ3) is 4.57. The zero-order valence-electron chi connectivity index (χ0n) is 10.9. The lowest BCUT2D eigenvalue weighted by Crippen LogP contribution is -2.14. The number of halogens is 3. The number of nitrogens with zero attached hydrogens (tertiary/aromatic N) is 1. The highest BCUT2D eigenvalue weighted by Gasteiger charge is 2.35. The van der Waals surface area contributed by atoms with Crippen molar-refractivity contribution in [2.75, 3.05) is 6.54 Å². The second kappa shape index (κ2) is 6.52. The van der Waals surface area contributed by atoms with Crippen LogP contribution in [0.1, 0.15) is 42.8 Å². The average Bonchev–Trinajstić information content (AvgIpc) is 2.61. The lowest BCUT2D eigenvalue weighted by molar-refractivity contribution is -0.137. The zero-order chi connectivity index (χ0) is 13.8. The van der Waals surface area contributed by atoms with E-state index in [1.165, 1.54) is 0 Å². The molecule has 1 aromatic rings. The van der Waals surface area contributed by atoms with Gasteiger partial charge in [-0.05, 0) is 25.3 Å². The lowest BCUT2D eigenvalue weighted by Gasteiger charge is -2.05. The molecule has 0 amide bonds. The van der Waals surface area contributed by atoms with Crippen LogP contribution in [0.2, 0.25) is 0 Å². The predicted octanol–water partition coefficient (Wildman–Crippen LogP) is 3.86. The topological polar surface area (TPSA) is 24.9 Å². The summed E-state index contributed by atoms with van der Waals surface area (Å²) >= 11 is 0.760. The molecular formula is C12H19F3N2S. The number of nitrogens with one attached hydrogen (secondary N) is 1. The molecule has 0 atom stereocenters. The molecule has 0 saturated carbocycles. The molecule has 1 aromatic heterocycles. The summed E-state index contributed by atoms with van der Waals surface area (Å²) in [4.78, 5) is 4.47. The van der Waals surface area contributed by atoms with Crippen molar-refractivity contribution in [3.63, 3.8) is 0 Å². The second-order valence-corrected chi connectivity index (χ2v) is 5.75. The van der Waals surface area contributed by atoms with Crippen molar-refractivity contribution in [1.29, 1.82) is 0 Å². The molecule has 104 valence electrons. The Morgan fingerprint density at radius 2 is 2.00 bits per heavy atom. The maximum absolute atomic E-state index is 12.6. The normalized spacial score (nSPS) is 12.4. The molecule has 0 radical (unpaired) electrons. The van der Waals surface area contributed by atoms with Crippen molar-refractivity contribution in [1.82, 2.24) is 10.3 Å². The standard InChI is InChI=1S/C12H19F3N2S/c1-4-5-16-7-10-9(6-8(2)3)17-11(18-10)12(13,14)15/h8,16H,4-7H2,1-3H3. The summed E-state index contributed by atoms with van der Waals surface area (Å²) in [5.41, 5.74) is 0.589. The molecule has 0 bridgehead atoms. The number of aromatic nitrogens is 1. The van der Waals surface area contributed by atoms with E-state index in [-0.39, 0.29) is 0 Å². The number of hydrogen-bond acceptors (Lipinski definition) is 3. The Labute approximate surface area is 110 Å². The lowest BCUT2D eigenvalue weighted by atomic mass is 10.1. The summed E-state index contributed by atoms with van der Waals surface area (Å²) in [6.45, 7) is 7.27. The van der Waals surface area contributed by atoms with E-state index >= 15 is 0 Å². The molecule has 0 fully saturated rings. The number of alkyl halides is 3. The first-order valence-electron chi connectivity index (χ1n) is 6.11. The van der Waals surface area contributed by atoms with E-state index in [0.29, 0.717) is 29.5 Å². The minimum Gasteiger partial charge on any atom is -0.312 e.